The van der Waals surface area contributed by atoms with Gasteiger partial charge in [0.25, 0.3) is 5.56 Å². The summed E-state index contributed by atoms with van der Waals surface area (Å²) in [6.07, 6.45) is 1.81. The molecule has 0 bridgehead atoms. The molecule has 0 aliphatic carbocycles. The van der Waals surface area contributed by atoms with Gasteiger partial charge in [0, 0.05) is 6.42 Å². The second-order valence-corrected chi connectivity index (χ2v) is 5.71. The minimum Gasteiger partial charge on any atom is -0.291 e. The van der Waals surface area contributed by atoms with E-state index in [2.05, 4.69) is 11.9 Å². The van der Waals surface area contributed by atoms with Crippen molar-refractivity contribution in [1.29, 1.82) is 0 Å². The summed E-state index contributed by atoms with van der Waals surface area (Å²) in [5, 5.41) is 1.93. The zero-order valence-corrected chi connectivity index (χ0v) is 12.2. The van der Waals surface area contributed by atoms with E-state index in [4.69, 9.17) is 0 Å². The smallest absolute Gasteiger partial charge is 0.271 e. The van der Waals surface area contributed by atoms with Crippen molar-refractivity contribution >= 4 is 21.6 Å². The average molecular weight is 284 g/mol. The van der Waals surface area contributed by atoms with Crippen molar-refractivity contribution < 1.29 is 0 Å². The van der Waals surface area contributed by atoms with Crippen molar-refractivity contribution in [2.24, 2.45) is 0 Å². The highest BCUT2D eigenvalue weighted by Crippen LogP contribution is 2.16. The maximum absolute atomic E-state index is 12.6. The minimum atomic E-state index is 0.0808. The van der Waals surface area contributed by atoms with Gasteiger partial charge in [-0.05, 0) is 23.4 Å². The number of nitrogens with zero attached hydrogens (tertiary/aromatic N) is 2. The Balaban J connectivity index is 2.14. The molecule has 0 aliphatic rings. The highest BCUT2D eigenvalue weighted by Gasteiger charge is 2.11. The Kier molecular flexibility index (Phi) is 3.65. The Morgan fingerprint density at radius 1 is 1.20 bits per heavy atom. The SMILES string of the molecule is CCCc1nc2ccsc2c(=O)n1Cc1ccccc1. The molecule has 2 aromatic heterocycles. The van der Waals surface area contributed by atoms with Crippen LogP contribution in [0.1, 0.15) is 24.7 Å². The van der Waals surface area contributed by atoms with Crippen LogP contribution in [-0.2, 0) is 13.0 Å². The second-order valence-electron chi connectivity index (χ2n) is 4.79. The Hall–Kier alpha value is -1.94. The fraction of sp³-hybridized carbons (Fsp3) is 0.250. The lowest BCUT2D eigenvalue weighted by Gasteiger charge is -2.11. The molecule has 0 amide bonds. The van der Waals surface area contributed by atoms with Crippen LogP contribution in [0.2, 0.25) is 0 Å². The number of aromatic nitrogens is 2. The molecule has 1 aromatic carbocycles. The van der Waals surface area contributed by atoms with E-state index in [0.717, 1.165) is 34.4 Å². The van der Waals surface area contributed by atoms with E-state index in [1.165, 1.54) is 11.3 Å². The van der Waals surface area contributed by atoms with Crippen LogP contribution in [0.25, 0.3) is 10.2 Å². The highest BCUT2D eigenvalue weighted by atomic mass is 32.1. The van der Waals surface area contributed by atoms with Gasteiger partial charge in [0.2, 0.25) is 0 Å². The third-order valence-electron chi connectivity index (χ3n) is 3.30. The standard InChI is InChI=1S/C16H16N2OS/c1-2-6-14-17-13-9-10-20-15(13)16(19)18(14)11-12-7-4-3-5-8-12/h3-5,7-10H,2,6,11H2,1H3. The average Bonchev–Trinajstić information content (AvgIpc) is 2.93. The highest BCUT2D eigenvalue weighted by molar-refractivity contribution is 7.17. The normalized spacial score (nSPS) is 11.1. The molecule has 0 N–H and O–H groups in total. The lowest BCUT2D eigenvalue weighted by Crippen LogP contribution is -2.25. The van der Waals surface area contributed by atoms with Crippen LogP contribution in [0, 0.1) is 0 Å². The molecule has 0 unspecified atom stereocenters. The number of fused-ring (bicyclic) bond motifs is 1. The molecule has 4 heteroatoms. The minimum absolute atomic E-state index is 0.0808. The topological polar surface area (TPSA) is 34.9 Å². The van der Waals surface area contributed by atoms with Gasteiger partial charge >= 0.3 is 0 Å². The monoisotopic (exact) mass is 284 g/mol. The summed E-state index contributed by atoms with van der Waals surface area (Å²) in [7, 11) is 0. The number of benzene rings is 1. The van der Waals surface area contributed by atoms with Gasteiger partial charge in [-0.3, -0.25) is 9.36 Å². The van der Waals surface area contributed by atoms with Crippen LogP contribution in [0.4, 0.5) is 0 Å². The predicted molar refractivity (Wildman–Crippen MR) is 83.4 cm³/mol. The molecular weight excluding hydrogens is 268 g/mol. The van der Waals surface area contributed by atoms with Gasteiger partial charge in [-0.25, -0.2) is 4.98 Å². The lowest BCUT2D eigenvalue weighted by atomic mass is 10.2. The molecule has 0 radical (unpaired) electrons. The Bertz CT molecular complexity index is 774. The van der Waals surface area contributed by atoms with Crippen molar-refractivity contribution in [1.82, 2.24) is 9.55 Å². The molecule has 0 saturated heterocycles. The molecule has 0 spiro atoms. The quantitative estimate of drug-likeness (QED) is 0.735. The molecular formula is C16H16N2OS. The number of thiophene rings is 1. The van der Waals surface area contributed by atoms with E-state index in [1.807, 2.05) is 46.3 Å². The summed E-state index contributed by atoms with van der Waals surface area (Å²) < 4.78 is 2.57. The molecule has 0 atom stereocenters. The van der Waals surface area contributed by atoms with Gasteiger partial charge in [-0.15, -0.1) is 11.3 Å². The van der Waals surface area contributed by atoms with E-state index in [1.54, 1.807) is 0 Å². The van der Waals surface area contributed by atoms with Crippen LogP contribution in [-0.4, -0.2) is 9.55 Å². The molecule has 0 saturated carbocycles. The van der Waals surface area contributed by atoms with Crippen molar-refractivity contribution in [2.75, 3.05) is 0 Å². The van der Waals surface area contributed by atoms with E-state index < -0.39 is 0 Å². The van der Waals surface area contributed by atoms with Crippen LogP contribution in [0.5, 0.6) is 0 Å². The van der Waals surface area contributed by atoms with Gasteiger partial charge in [0.05, 0.1) is 12.1 Å². The lowest BCUT2D eigenvalue weighted by molar-refractivity contribution is 0.666. The molecule has 3 rings (SSSR count). The maximum Gasteiger partial charge on any atom is 0.271 e. The molecule has 0 fully saturated rings. The van der Waals surface area contributed by atoms with Gasteiger partial charge in [-0.1, -0.05) is 37.3 Å². The Labute approximate surface area is 121 Å². The summed E-state index contributed by atoms with van der Waals surface area (Å²) in [5.74, 6) is 0.882. The summed E-state index contributed by atoms with van der Waals surface area (Å²) in [6.45, 7) is 2.70. The zero-order chi connectivity index (χ0) is 13.9. The molecule has 3 aromatic rings. The molecule has 0 aliphatic heterocycles. The molecule has 20 heavy (non-hydrogen) atoms. The van der Waals surface area contributed by atoms with Crippen LogP contribution in [0.15, 0.2) is 46.6 Å². The zero-order valence-electron chi connectivity index (χ0n) is 11.4. The second kappa shape index (κ2) is 5.59. The van der Waals surface area contributed by atoms with Gasteiger partial charge in [0.15, 0.2) is 0 Å². The van der Waals surface area contributed by atoms with Gasteiger partial charge in [-0.2, -0.15) is 0 Å². The largest absolute Gasteiger partial charge is 0.291 e. The number of hydrogen-bond donors (Lipinski definition) is 0. The van der Waals surface area contributed by atoms with E-state index in [9.17, 15) is 4.79 Å². The first-order valence-corrected chi connectivity index (χ1v) is 7.68. The van der Waals surface area contributed by atoms with Crippen LogP contribution < -0.4 is 5.56 Å². The molecule has 3 nitrogen and oxygen atoms in total. The summed E-state index contributed by atoms with van der Waals surface area (Å²) in [6, 6.07) is 12.0. The number of rotatable bonds is 4. The van der Waals surface area contributed by atoms with Crippen molar-refractivity contribution in [3.63, 3.8) is 0 Å². The van der Waals surface area contributed by atoms with Crippen LogP contribution in [0.3, 0.4) is 0 Å². The first kappa shape index (κ1) is 13.1. The fourth-order valence-corrected chi connectivity index (χ4v) is 3.11. The van der Waals surface area contributed by atoms with E-state index in [-0.39, 0.29) is 5.56 Å². The summed E-state index contributed by atoms with van der Waals surface area (Å²) in [5.41, 5.74) is 2.04. The fourth-order valence-electron chi connectivity index (χ4n) is 2.33. The summed E-state index contributed by atoms with van der Waals surface area (Å²) in [4.78, 5) is 17.3. The third kappa shape index (κ3) is 2.39. The molecule has 2 heterocycles. The predicted octanol–water partition coefficient (Wildman–Crippen LogP) is 3.46. The third-order valence-corrected chi connectivity index (χ3v) is 4.19. The van der Waals surface area contributed by atoms with Gasteiger partial charge in [0.1, 0.15) is 10.5 Å². The number of aryl methyl sites for hydroxylation is 1. The van der Waals surface area contributed by atoms with Crippen molar-refractivity contribution in [2.45, 2.75) is 26.3 Å². The molecule has 102 valence electrons. The van der Waals surface area contributed by atoms with Crippen molar-refractivity contribution in [3.05, 3.63) is 63.5 Å². The first-order chi connectivity index (χ1) is 9.79. The number of hydrogen-bond acceptors (Lipinski definition) is 3. The maximum atomic E-state index is 12.6. The first-order valence-electron chi connectivity index (χ1n) is 6.80. The Morgan fingerprint density at radius 2 is 2.00 bits per heavy atom. The van der Waals surface area contributed by atoms with Crippen molar-refractivity contribution in [3.8, 4) is 0 Å². The van der Waals surface area contributed by atoms with Crippen LogP contribution >= 0.6 is 11.3 Å². The Morgan fingerprint density at radius 3 is 2.75 bits per heavy atom. The van der Waals surface area contributed by atoms with Gasteiger partial charge < -0.3 is 0 Å². The van der Waals surface area contributed by atoms with E-state index in [0.29, 0.717) is 6.54 Å². The summed E-state index contributed by atoms with van der Waals surface area (Å²) >= 11 is 1.47. The van der Waals surface area contributed by atoms with E-state index >= 15 is 0 Å².